The first-order valence-corrected chi connectivity index (χ1v) is 9.97. The van der Waals surface area contributed by atoms with E-state index in [0.717, 1.165) is 0 Å². The van der Waals surface area contributed by atoms with E-state index < -0.39 is 28.1 Å². The zero-order chi connectivity index (χ0) is 19.5. The molecule has 1 aliphatic heterocycles. The van der Waals surface area contributed by atoms with Gasteiger partial charge in [-0.2, -0.15) is 12.7 Å². The van der Waals surface area contributed by atoms with Crippen molar-refractivity contribution in [1.29, 1.82) is 0 Å². The van der Waals surface area contributed by atoms with E-state index in [0.29, 0.717) is 30.9 Å². The number of carbonyl (C=O) groups is 1. The van der Waals surface area contributed by atoms with Crippen LogP contribution in [0.1, 0.15) is 40.2 Å². The van der Waals surface area contributed by atoms with Crippen molar-refractivity contribution in [3.05, 3.63) is 23.8 Å². The summed E-state index contributed by atoms with van der Waals surface area (Å²) in [5, 5.41) is 2.55. The van der Waals surface area contributed by atoms with Gasteiger partial charge in [-0.05, 0) is 39.0 Å². The van der Waals surface area contributed by atoms with Gasteiger partial charge in [0.1, 0.15) is 11.5 Å². The highest BCUT2D eigenvalue weighted by atomic mass is 32.2. The number of nitrogens with one attached hydrogen (secondary N) is 1. The normalized spacial score (nSPS) is 18.2. The van der Waals surface area contributed by atoms with E-state index in [1.807, 2.05) is 13.8 Å². The second-order valence-corrected chi connectivity index (χ2v) is 7.93. The van der Waals surface area contributed by atoms with Crippen molar-refractivity contribution in [3.63, 3.8) is 0 Å². The maximum Gasteiger partial charge on any atom is 0.410 e. The van der Waals surface area contributed by atoms with Crippen LogP contribution in [-0.2, 0) is 20.5 Å². The molecule has 26 heavy (non-hydrogen) atoms. The molecule has 1 aliphatic rings. The zero-order valence-corrected chi connectivity index (χ0v) is 16.6. The van der Waals surface area contributed by atoms with Gasteiger partial charge in [0.2, 0.25) is 0 Å². The molecular formula is C17H26N2O6S. The van der Waals surface area contributed by atoms with Crippen molar-refractivity contribution < 1.29 is 26.9 Å². The molecule has 0 bridgehead atoms. The van der Waals surface area contributed by atoms with Gasteiger partial charge >= 0.3 is 16.4 Å². The summed E-state index contributed by atoms with van der Waals surface area (Å²) in [7, 11) is -3.87. The minimum absolute atomic E-state index is 0.186. The van der Waals surface area contributed by atoms with Crippen LogP contribution in [-0.4, -0.2) is 44.7 Å². The van der Waals surface area contributed by atoms with Crippen molar-refractivity contribution in [1.82, 2.24) is 9.62 Å². The van der Waals surface area contributed by atoms with Crippen LogP contribution in [0, 0.1) is 0 Å². The number of nitrogens with zero attached hydrogens (tertiary/aromatic N) is 1. The first-order valence-electron chi connectivity index (χ1n) is 8.60. The van der Waals surface area contributed by atoms with Crippen LogP contribution >= 0.6 is 0 Å². The molecule has 0 spiro atoms. The van der Waals surface area contributed by atoms with Crippen LogP contribution in [0.15, 0.2) is 18.2 Å². The van der Waals surface area contributed by atoms with Gasteiger partial charge in [0.15, 0.2) is 0 Å². The summed E-state index contributed by atoms with van der Waals surface area (Å²) in [4.78, 5) is 11.7. The number of hydrogen-bond acceptors (Lipinski definition) is 6. The number of alkyl carbamates (subject to hydrolysis) is 1. The molecule has 1 unspecified atom stereocenters. The summed E-state index contributed by atoms with van der Waals surface area (Å²) in [5.41, 5.74) is 0.0395. The number of hydrogen-bond donors (Lipinski definition) is 1. The molecule has 1 aromatic carbocycles. The van der Waals surface area contributed by atoms with Gasteiger partial charge in [-0.25, -0.2) is 4.79 Å². The third-order valence-corrected chi connectivity index (χ3v) is 5.78. The molecule has 1 heterocycles. The van der Waals surface area contributed by atoms with E-state index >= 15 is 0 Å². The van der Waals surface area contributed by atoms with E-state index in [2.05, 4.69) is 5.32 Å². The van der Waals surface area contributed by atoms with E-state index in [1.165, 1.54) is 10.4 Å². The Morgan fingerprint density at radius 3 is 2.50 bits per heavy atom. The number of rotatable bonds is 7. The Kier molecular flexibility index (Phi) is 6.02. The Morgan fingerprint density at radius 1 is 1.27 bits per heavy atom. The minimum Gasteiger partial charge on any atom is -0.453 e. The third kappa shape index (κ3) is 4.04. The molecule has 0 aliphatic carbocycles. The maximum atomic E-state index is 12.3. The largest absolute Gasteiger partial charge is 0.453 e. The first kappa shape index (κ1) is 20.3. The van der Waals surface area contributed by atoms with Crippen LogP contribution < -0.4 is 14.2 Å². The van der Waals surface area contributed by atoms with Crippen molar-refractivity contribution in [2.45, 2.75) is 46.3 Å². The Balaban J connectivity index is 2.24. The molecule has 0 saturated heterocycles. The summed E-state index contributed by atoms with van der Waals surface area (Å²) in [6.07, 6.45) is -1.39. The average Bonchev–Trinajstić information content (AvgIpc) is 2.79. The summed E-state index contributed by atoms with van der Waals surface area (Å²) >= 11 is 0. The molecule has 1 aromatic rings. The molecule has 1 atom stereocenters. The molecule has 1 N–H and O–H groups in total. The number of amides is 1. The van der Waals surface area contributed by atoms with Crippen molar-refractivity contribution in [2.75, 3.05) is 19.6 Å². The standard InChI is InChI=1S/C17H26N2O6S/c1-6-18-16(20)24-15-17(4,5)13-11-12(9-10-14(13)23-15)25-26(21,22)19(7-2)8-3/h9-11,15H,6-8H2,1-5H3,(H,18,20). The second kappa shape index (κ2) is 7.71. The van der Waals surface area contributed by atoms with Gasteiger partial charge in [-0.15, -0.1) is 0 Å². The van der Waals surface area contributed by atoms with Crippen LogP contribution in [0.3, 0.4) is 0 Å². The van der Waals surface area contributed by atoms with Crippen molar-refractivity contribution >= 4 is 16.4 Å². The summed E-state index contributed by atoms with van der Waals surface area (Å²) in [5.74, 6) is 0.711. The maximum absolute atomic E-state index is 12.3. The second-order valence-electron chi connectivity index (χ2n) is 6.39. The molecule has 0 aromatic heterocycles. The van der Waals surface area contributed by atoms with E-state index in [9.17, 15) is 13.2 Å². The van der Waals surface area contributed by atoms with E-state index in [1.54, 1.807) is 32.9 Å². The van der Waals surface area contributed by atoms with E-state index in [4.69, 9.17) is 13.7 Å². The molecule has 0 radical (unpaired) electrons. The molecule has 8 nitrogen and oxygen atoms in total. The molecule has 0 fully saturated rings. The minimum atomic E-state index is -3.87. The number of ether oxygens (including phenoxy) is 2. The SMILES string of the molecule is CCNC(=O)OC1Oc2ccc(OS(=O)(=O)N(CC)CC)cc2C1(C)C. The molecule has 1 amide bonds. The van der Waals surface area contributed by atoms with Crippen LogP contribution in [0.5, 0.6) is 11.5 Å². The lowest BCUT2D eigenvalue weighted by atomic mass is 9.85. The fraction of sp³-hybridized carbons (Fsp3) is 0.588. The Morgan fingerprint density at radius 2 is 1.92 bits per heavy atom. The Labute approximate surface area is 154 Å². The molecule has 0 saturated carbocycles. The highest BCUT2D eigenvalue weighted by Gasteiger charge is 2.45. The summed E-state index contributed by atoms with van der Waals surface area (Å²) < 4.78 is 42.1. The van der Waals surface area contributed by atoms with Gasteiger partial charge < -0.3 is 19.0 Å². The highest BCUT2D eigenvalue weighted by molar-refractivity contribution is 7.84. The zero-order valence-electron chi connectivity index (χ0n) is 15.7. The lowest BCUT2D eigenvalue weighted by molar-refractivity contribution is -0.0562. The van der Waals surface area contributed by atoms with E-state index in [-0.39, 0.29) is 5.75 Å². The number of benzene rings is 1. The van der Waals surface area contributed by atoms with Gasteiger partial charge in [-0.3, -0.25) is 0 Å². The van der Waals surface area contributed by atoms with Gasteiger partial charge in [0.05, 0.1) is 5.41 Å². The predicted molar refractivity (Wildman–Crippen MR) is 96.5 cm³/mol. The lowest BCUT2D eigenvalue weighted by Crippen LogP contribution is -2.39. The number of carbonyl (C=O) groups excluding carboxylic acids is 1. The molecule has 9 heteroatoms. The van der Waals surface area contributed by atoms with Crippen LogP contribution in [0.25, 0.3) is 0 Å². The molecule has 2 rings (SSSR count). The molecule has 146 valence electrons. The molecular weight excluding hydrogens is 360 g/mol. The topological polar surface area (TPSA) is 94.2 Å². The third-order valence-electron chi connectivity index (χ3n) is 4.23. The Hall–Kier alpha value is -2.00. The average molecular weight is 386 g/mol. The van der Waals surface area contributed by atoms with Gasteiger partial charge in [-0.1, -0.05) is 13.8 Å². The summed E-state index contributed by atoms with van der Waals surface area (Å²) in [6, 6.07) is 4.74. The van der Waals surface area contributed by atoms with Crippen molar-refractivity contribution in [3.8, 4) is 11.5 Å². The van der Waals surface area contributed by atoms with Crippen LogP contribution in [0.4, 0.5) is 4.79 Å². The van der Waals surface area contributed by atoms with Gasteiger partial charge in [0.25, 0.3) is 6.29 Å². The highest BCUT2D eigenvalue weighted by Crippen LogP contribution is 2.44. The monoisotopic (exact) mass is 386 g/mol. The Bertz CT molecular complexity index is 759. The number of fused-ring (bicyclic) bond motifs is 1. The first-order chi connectivity index (χ1) is 12.2. The van der Waals surface area contributed by atoms with Crippen LogP contribution in [0.2, 0.25) is 0 Å². The summed E-state index contributed by atoms with van der Waals surface area (Å²) in [6.45, 7) is 10.1. The quantitative estimate of drug-likeness (QED) is 0.773. The smallest absolute Gasteiger partial charge is 0.410 e. The van der Waals surface area contributed by atoms with Crippen molar-refractivity contribution in [2.24, 2.45) is 0 Å². The lowest BCUT2D eigenvalue weighted by Gasteiger charge is -2.25. The fourth-order valence-corrected chi connectivity index (χ4v) is 3.81. The fourth-order valence-electron chi connectivity index (χ4n) is 2.73. The predicted octanol–water partition coefficient (Wildman–Crippen LogP) is 2.39. The van der Waals surface area contributed by atoms with Gasteiger partial charge in [0, 0.05) is 25.2 Å².